The summed E-state index contributed by atoms with van der Waals surface area (Å²) in [4.78, 5) is 15.4. The van der Waals surface area contributed by atoms with Crippen molar-refractivity contribution in [3.8, 4) is 56.4 Å². The van der Waals surface area contributed by atoms with Crippen LogP contribution in [0.4, 0.5) is 0 Å². The minimum Gasteiger partial charge on any atom is -0.208 e. The van der Waals surface area contributed by atoms with Crippen molar-refractivity contribution >= 4 is 43.1 Å². The van der Waals surface area contributed by atoms with E-state index in [1.54, 1.807) is 0 Å². The van der Waals surface area contributed by atoms with Crippen molar-refractivity contribution in [3.63, 3.8) is 0 Å². The monoisotopic (exact) mass is 661 g/mol. The van der Waals surface area contributed by atoms with Crippen molar-refractivity contribution < 1.29 is 0 Å². The van der Waals surface area contributed by atoms with Gasteiger partial charge in [0.25, 0.3) is 0 Å². The Kier molecular flexibility index (Phi) is 7.14. The maximum absolute atomic E-state index is 5.18. The highest BCUT2D eigenvalue weighted by molar-refractivity contribution is 6.07. The van der Waals surface area contributed by atoms with Gasteiger partial charge in [0.05, 0.1) is 0 Å². The molecule has 52 heavy (non-hydrogen) atoms. The number of hydrogen-bond donors (Lipinski definition) is 0. The van der Waals surface area contributed by atoms with E-state index in [1.165, 1.54) is 49.0 Å². The van der Waals surface area contributed by atoms with Gasteiger partial charge < -0.3 is 0 Å². The lowest BCUT2D eigenvalue weighted by Gasteiger charge is -2.14. The summed E-state index contributed by atoms with van der Waals surface area (Å²) in [6.07, 6.45) is 0. The number of hydrogen-bond acceptors (Lipinski definition) is 3. The van der Waals surface area contributed by atoms with Gasteiger partial charge in [-0.05, 0) is 95.7 Å². The fourth-order valence-corrected chi connectivity index (χ4v) is 7.41. The second-order valence-electron chi connectivity index (χ2n) is 13.3. The van der Waals surface area contributed by atoms with Crippen LogP contribution in [0.15, 0.2) is 188 Å². The van der Waals surface area contributed by atoms with Crippen LogP contribution in [0.5, 0.6) is 0 Å². The first-order valence-electron chi connectivity index (χ1n) is 17.6. The molecule has 0 fully saturated rings. The van der Waals surface area contributed by atoms with E-state index in [0.29, 0.717) is 17.5 Å². The number of rotatable bonds is 5. The summed E-state index contributed by atoms with van der Waals surface area (Å²) in [7, 11) is 0. The smallest absolute Gasteiger partial charge is 0.164 e. The maximum Gasteiger partial charge on any atom is 0.164 e. The lowest BCUT2D eigenvalue weighted by molar-refractivity contribution is 1.08. The molecule has 0 atom stereocenters. The number of fused-ring (bicyclic) bond motifs is 4. The van der Waals surface area contributed by atoms with Crippen molar-refractivity contribution in [1.29, 1.82) is 0 Å². The summed E-state index contributed by atoms with van der Waals surface area (Å²) in [6, 6.07) is 66.6. The first-order chi connectivity index (χ1) is 25.7. The predicted molar refractivity (Wildman–Crippen MR) is 217 cm³/mol. The summed E-state index contributed by atoms with van der Waals surface area (Å²) in [5.74, 6) is 1.93. The standard InChI is InChI=1S/C49H31N3/c1-2-13-34(14-3-1)47-50-48(41-26-25-38-28-37(23-24-39(38)29-41)36-22-21-32-11-4-5-15-35(32)27-36)52-49(51-47)42-30-40-16-7-9-19-44(40)46(31-42)45-20-10-17-33-12-6-8-18-43(33)45/h1-31H. The van der Waals surface area contributed by atoms with Crippen LogP contribution in [0.3, 0.4) is 0 Å². The molecular formula is C49H31N3. The van der Waals surface area contributed by atoms with Gasteiger partial charge in [0.2, 0.25) is 0 Å². The third-order valence-electron chi connectivity index (χ3n) is 10.0. The normalized spacial score (nSPS) is 11.5. The minimum atomic E-state index is 0.642. The Morgan fingerprint density at radius 1 is 0.231 bits per heavy atom. The number of nitrogens with zero attached hydrogens (tertiary/aromatic N) is 3. The summed E-state index contributed by atoms with van der Waals surface area (Å²) >= 11 is 0. The second kappa shape index (κ2) is 12.4. The largest absolute Gasteiger partial charge is 0.208 e. The van der Waals surface area contributed by atoms with Crippen LogP contribution in [0.25, 0.3) is 99.5 Å². The molecular weight excluding hydrogens is 631 g/mol. The third-order valence-corrected chi connectivity index (χ3v) is 10.0. The van der Waals surface area contributed by atoms with Crippen LogP contribution in [-0.4, -0.2) is 15.0 Å². The Morgan fingerprint density at radius 3 is 1.42 bits per heavy atom. The predicted octanol–water partition coefficient (Wildman–Crippen LogP) is 12.8. The zero-order valence-corrected chi connectivity index (χ0v) is 28.2. The van der Waals surface area contributed by atoms with Crippen LogP contribution in [0.1, 0.15) is 0 Å². The molecule has 9 aromatic carbocycles. The van der Waals surface area contributed by atoms with Gasteiger partial charge in [-0.1, -0.05) is 158 Å². The molecule has 242 valence electrons. The van der Waals surface area contributed by atoms with Gasteiger partial charge in [-0.2, -0.15) is 0 Å². The van der Waals surface area contributed by atoms with Crippen LogP contribution in [0, 0.1) is 0 Å². The molecule has 0 radical (unpaired) electrons. The molecule has 0 amide bonds. The molecule has 0 aliphatic rings. The zero-order chi connectivity index (χ0) is 34.4. The first kappa shape index (κ1) is 29.9. The molecule has 0 aliphatic carbocycles. The average molecular weight is 662 g/mol. The topological polar surface area (TPSA) is 38.7 Å². The summed E-state index contributed by atoms with van der Waals surface area (Å²) in [5.41, 5.74) is 7.58. The van der Waals surface area contributed by atoms with E-state index in [9.17, 15) is 0 Å². The average Bonchev–Trinajstić information content (AvgIpc) is 3.22. The third kappa shape index (κ3) is 5.37. The summed E-state index contributed by atoms with van der Waals surface area (Å²) < 4.78 is 0. The Hall–Kier alpha value is -6.97. The van der Waals surface area contributed by atoms with Crippen LogP contribution >= 0.6 is 0 Å². The molecule has 1 heterocycles. The Balaban J connectivity index is 1.12. The molecule has 0 aliphatic heterocycles. The van der Waals surface area contributed by atoms with Gasteiger partial charge >= 0.3 is 0 Å². The van der Waals surface area contributed by atoms with Crippen molar-refractivity contribution in [2.75, 3.05) is 0 Å². The zero-order valence-electron chi connectivity index (χ0n) is 28.2. The lowest BCUT2D eigenvalue weighted by atomic mass is 9.92. The fourth-order valence-electron chi connectivity index (χ4n) is 7.41. The Morgan fingerprint density at radius 2 is 0.692 bits per heavy atom. The molecule has 10 aromatic rings. The van der Waals surface area contributed by atoms with Gasteiger partial charge in [0.15, 0.2) is 17.5 Å². The van der Waals surface area contributed by atoms with E-state index in [1.807, 2.05) is 18.2 Å². The van der Waals surface area contributed by atoms with Gasteiger partial charge in [-0.3, -0.25) is 0 Å². The molecule has 0 saturated heterocycles. The SMILES string of the molecule is c1ccc(-c2nc(-c3ccc4cc(-c5ccc6ccccc6c5)ccc4c3)nc(-c3cc(-c4cccc5ccccc45)c4ccccc4c3)n2)cc1. The first-order valence-corrected chi connectivity index (χ1v) is 17.6. The van der Waals surface area contributed by atoms with E-state index in [0.717, 1.165) is 33.0 Å². The molecule has 0 spiro atoms. The van der Waals surface area contributed by atoms with Gasteiger partial charge in [0, 0.05) is 16.7 Å². The van der Waals surface area contributed by atoms with Crippen molar-refractivity contribution in [2.24, 2.45) is 0 Å². The van der Waals surface area contributed by atoms with Crippen LogP contribution in [0.2, 0.25) is 0 Å². The molecule has 1 aromatic heterocycles. The van der Waals surface area contributed by atoms with Crippen LogP contribution < -0.4 is 0 Å². The van der Waals surface area contributed by atoms with Gasteiger partial charge in [-0.25, -0.2) is 15.0 Å². The summed E-state index contributed by atoms with van der Waals surface area (Å²) in [5, 5.41) is 9.55. The number of benzene rings is 9. The fraction of sp³-hybridized carbons (Fsp3) is 0. The number of aromatic nitrogens is 3. The van der Waals surface area contributed by atoms with E-state index >= 15 is 0 Å². The van der Waals surface area contributed by atoms with Crippen molar-refractivity contribution in [1.82, 2.24) is 15.0 Å². The highest BCUT2D eigenvalue weighted by atomic mass is 15.0. The van der Waals surface area contributed by atoms with E-state index in [-0.39, 0.29) is 0 Å². The van der Waals surface area contributed by atoms with Gasteiger partial charge in [0.1, 0.15) is 0 Å². The molecule has 0 saturated carbocycles. The molecule has 10 rings (SSSR count). The highest BCUT2D eigenvalue weighted by Crippen LogP contribution is 2.38. The summed E-state index contributed by atoms with van der Waals surface area (Å²) in [6.45, 7) is 0. The van der Waals surface area contributed by atoms with Crippen molar-refractivity contribution in [3.05, 3.63) is 188 Å². The minimum absolute atomic E-state index is 0.642. The molecule has 3 nitrogen and oxygen atoms in total. The lowest BCUT2D eigenvalue weighted by Crippen LogP contribution is -2.00. The van der Waals surface area contributed by atoms with E-state index in [4.69, 9.17) is 15.0 Å². The van der Waals surface area contributed by atoms with E-state index < -0.39 is 0 Å². The van der Waals surface area contributed by atoms with E-state index in [2.05, 4.69) is 170 Å². The molecule has 3 heteroatoms. The highest BCUT2D eigenvalue weighted by Gasteiger charge is 2.16. The Labute approximate surface area is 301 Å². The Bertz CT molecular complexity index is 2960. The molecule has 0 bridgehead atoms. The molecule has 0 unspecified atom stereocenters. The van der Waals surface area contributed by atoms with Crippen molar-refractivity contribution in [2.45, 2.75) is 0 Å². The molecule has 0 N–H and O–H groups in total. The maximum atomic E-state index is 5.18. The quantitative estimate of drug-likeness (QED) is 0.184. The second-order valence-corrected chi connectivity index (χ2v) is 13.3. The van der Waals surface area contributed by atoms with Crippen LogP contribution in [-0.2, 0) is 0 Å². The van der Waals surface area contributed by atoms with Gasteiger partial charge in [-0.15, -0.1) is 0 Å².